The molecule has 1 aromatic rings. The second-order valence-electron chi connectivity index (χ2n) is 6.89. The van der Waals surface area contributed by atoms with Gasteiger partial charge in [0.15, 0.2) is 6.61 Å². The highest BCUT2D eigenvalue weighted by atomic mass is 16.5. The number of para-hydroxylation sites is 1. The number of nitrogens with zero attached hydrogens (tertiary/aromatic N) is 2. The van der Waals surface area contributed by atoms with Crippen LogP contribution in [0.3, 0.4) is 0 Å². The zero-order chi connectivity index (χ0) is 20.5. The summed E-state index contributed by atoms with van der Waals surface area (Å²) >= 11 is 0. The van der Waals surface area contributed by atoms with Crippen molar-refractivity contribution in [1.82, 2.24) is 10.2 Å². The Bertz CT molecular complexity index is 888. The van der Waals surface area contributed by atoms with Crippen LogP contribution >= 0.6 is 0 Å². The molecule has 3 amide bonds. The van der Waals surface area contributed by atoms with Crippen molar-refractivity contribution in [3.05, 3.63) is 29.8 Å². The van der Waals surface area contributed by atoms with Gasteiger partial charge in [-0.05, 0) is 26.0 Å². The Hall–Kier alpha value is -3.34. The van der Waals surface area contributed by atoms with Gasteiger partial charge in [0.25, 0.3) is 11.8 Å². The lowest BCUT2D eigenvalue weighted by Crippen LogP contribution is -2.70. The highest BCUT2D eigenvalue weighted by Crippen LogP contribution is 2.45. The number of terminal acetylenes is 1. The van der Waals surface area contributed by atoms with Crippen molar-refractivity contribution in [3.8, 4) is 12.3 Å². The fraction of sp³-hybridized carbons (Fsp3) is 0.400. The largest absolute Gasteiger partial charge is 0.452 e. The maximum atomic E-state index is 13.2. The van der Waals surface area contributed by atoms with E-state index in [2.05, 4.69) is 11.2 Å². The molecular formula is C20H21N3O5. The van der Waals surface area contributed by atoms with Gasteiger partial charge in [-0.3, -0.25) is 19.3 Å². The molecular weight excluding hydrogens is 362 g/mol. The lowest BCUT2D eigenvalue weighted by atomic mass is 9.95. The van der Waals surface area contributed by atoms with Crippen molar-refractivity contribution >= 4 is 29.4 Å². The average Bonchev–Trinajstić information content (AvgIpc) is 3.02. The molecule has 1 aromatic carbocycles. The van der Waals surface area contributed by atoms with Crippen LogP contribution in [0.15, 0.2) is 24.3 Å². The molecule has 0 unspecified atom stereocenters. The molecule has 0 aliphatic carbocycles. The summed E-state index contributed by atoms with van der Waals surface area (Å²) in [6.45, 7) is 2.99. The first-order valence-electron chi connectivity index (χ1n) is 8.97. The Morgan fingerprint density at radius 3 is 2.71 bits per heavy atom. The standard InChI is InChI=1S/C20H21N3O5/c1-4-11-21-16(24)12-28-19(27)20-10-9-17(25)23(20)15-8-6-5-7-14(15)18(26)22(20)13(2)3/h1,5-8,13H,9-12H2,2-3H3,(H,21,24)/t20-/m0/s1. The smallest absolute Gasteiger partial charge is 0.354 e. The number of rotatable bonds is 5. The van der Waals surface area contributed by atoms with Crippen LogP contribution < -0.4 is 10.2 Å². The number of benzene rings is 1. The Morgan fingerprint density at radius 1 is 1.32 bits per heavy atom. The molecule has 0 radical (unpaired) electrons. The van der Waals surface area contributed by atoms with Gasteiger partial charge in [0.05, 0.1) is 17.8 Å². The topological polar surface area (TPSA) is 96.0 Å². The Kier molecular flexibility index (Phi) is 5.10. The van der Waals surface area contributed by atoms with E-state index in [4.69, 9.17) is 11.2 Å². The molecule has 0 spiro atoms. The number of amides is 3. The summed E-state index contributed by atoms with van der Waals surface area (Å²) in [7, 11) is 0. The maximum absolute atomic E-state index is 13.2. The first-order chi connectivity index (χ1) is 13.3. The van der Waals surface area contributed by atoms with Crippen LogP contribution in [0.1, 0.15) is 37.0 Å². The van der Waals surface area contributed by atoms with Gasteiger partial charge in [-0.2, -0.15) is 0 Å². The third-order valence-electron chi connectivity index (χ3n) is 4.86. The molecule has 2 aliphatic heterocycles. The van der Waals surface area contributed by atoms with Crippen LogP contribution in [0.4, 0.5) is 5.69 Å². The van der Waals surface area contributed by atoms with Gasteiger partial charge >= 0.3 is 5.97 Å². The number of nitrogens with one attached hydrogen (secondary N) is 1. The number of ether oxygens (including phenoxy) is 1. The zero-order valence-electron chi connectivity index (χ0n) is 15.7. The van der Waals surface area contributed by atoms with Crippen LogP contribution in [0.5, 0.6) is 0 Å². The Balaban J connectivity index is 2.01. The van der Waals surface area contributed by atoms with Crippen molar-refractivity contribution in [2.45, 2.75) is 38.4 Å². The maximum Gasteiger partial charge on any atom is 0.354 e. The second-order valence-corrected chi connectivity index (χ2v) is 6.89. The molecule has 3 rings (SSSR count). The zero-order valence-corrected chi connectivity index (χ0v) is 15.7. The molecule has 1 N–H and O–H groups in total. The van der Waals surface area contributed by atoms with Gasteiger partial charge < -0.3 is 15.0 Å². The van der Waals surface area contributed by atoms with Gasteiger partial charge in [0.1, 0.15) is 0 Å². The highest BCUT2D eigenvalue weighted by molar-refractivity contribution is 6.15. The minimum atomic E-state index is -1.61. The first kappa shape index (κ1) is 19.4. The monoisotopic (exact) mass is 383 g/mol. The number of anilines is 1. The summed E-state index contributed by atoms with van der Waals surface area (Å²) in [5.74, 6) is 0.245. The fourth-order valence-electron chi connectivity index (χ4n) is 3.82. The number of esters is 1. The molecule has 2 aliphatic rings. The molecule has 8 heteroatoms. The highest BCUT2D eigenvalue weighted by Gasteiger charge is 2.62. The predicted molar refractivity (Wildman–Crippen MR) is 100 cm³/mol. The van der Waals surface area contributed by atoms with Crippen LogP contribution in [0.2, 0.25) is 0 Å². The average molecular weight is 383 g/mol. The summed E-state index contributed by atoms with van der Waals surface area (Å²) in [6, 6.07) is 6.29. The summed E-state index contributed by atoms with van der Waals surface area (Å²) < 4.78 is 5.23. The molecule has 8 nitrogen and oxygen atoms in total. The molecule has 1 fully saturated rings. The van der Waals surface area contributed by atoms with Crippen LogP contribution in [-0.4, -0.2) is 53.4 Å². The van der Waals surface area contributed by atoms with Gasteiger partial charge in [0.2, 0.25) is 11.6 Å². The van der Waals surface area contributed by atoms with Gasteiger partial charge in [-0.1, -0.05) is 18.1 Å². The summed E-state index contributed by atoms with van der Waals surface area (Å²) in [4.78, 5) is 53.5. The van der Waals surface area contributed by atoms with Gasteiger partial charge in [-0.15, -0.1) is 6.42 Å². The molecule has 146 valence electrons. The molecule has 1 atom stereocenters. The number of hydrogen-bond donors (Lipinski definition) is 1. The van der Waals surface area contributed by atoms with Crippen molar-refractivity contribution in [2.75, 3.05) is 18.1 Å². The number of carbonyl (C=O) groups excluding carboxylic acids is 4. The van der Waals surface area contributed by atoms with Gasteiger partial charge in [0, 0.05) is 18.9 Å². The van der Waals surface area contributed by atoms with Crippen LogP contribution in [0, 0.1) is 12.3 Å². The lowest BCUT2D eigenvalue weighted by Gasteiger charge is -2.50. The first-order valence-corrected chi connectivity index (χ1v) is 8.97. The predicted octanol–water partition coefficient (Wildman–Crippen LogP) is 0.667. The van der Waals surface area contributed by atoms with E-state index in [1.54, 1.807) is 38.1 Å². The number of carbonyl (C=O) groups is 4. The molecule has 2 heterocycles. The van der Waals surface area contributed by atoms with E-state index in [0.717, 1.165) is 0 Å². The van der Waals surface area contributed by atoms with E-state index >= 15 is 0 Å². The number of hydrogen-bond acceptors (Lipinski definition) is 5. The summed E-state index contributed by atoms with van der Waals surface area (Å²) in [5, 5.41) is 2.40. The number of fused-ring (bicyclic) bond motifs is 3. The molecule has 28 heavy (non-hydrogen) atoms. The van der Waals surface area contributed by atoms with Gasteiger partial charge in [-0.25, -0.2) is 4.79 Å². The van der Waals surface area contributed by atoms with Crippen LogP contribution in [-0.2, 0) is 19.1 Å². The molecule has 1 saturated heterocycles. The van der Waals surface area contributed by atoms with E-state index < -0.39 is 24.1 Å². The summed E-state index contributed by atoms with van der Waals surface area (Å²) in [6.07, 6.45) is 5.26. The normalized spacial score (nSPS) is 20.5. The lowest BCUT2D eigenvalue weighted by molar-refractivity contribution is -0.161. The van der Waals surface area contributed by atoms with E-state index in [1.165, 1.54) is 9.80 Å². The molecule has 0 saturated carbocycles. The minimum absolute atomic E-state index is 0.0100. The Labute approximate surface area is 162 Å². The third-order valence-corrected chi connectivity index (χ3v) is 4.86. The Morgan fingerprint density at radius 2 is 2.04 bits per heavy atom. The minimum Gasteiger partial charge on any atom is -0.452 e. The van der Waals surface area contributed by atoms with Crippen molar-refractivity contribution in [2.24, 2.45) is 0 Å². The quantitative estimate of drug-likeness (QED) is 0.595. The second kappa shape index (κ2) is 7.35. The van der Waals surface area contributed by atoms with E-state index in [-0.39, 0.29) is 37.2 Å². The van der Waals surface area contributed by atoms with E-state index in [0.29, 0.717) is 11.3 Å². The molecule has 0 bridgehead atoms. The molecule has 0 aromatic heterocycles. The summed E-state index contributed by atoms with van der Waals surface area (Å²) in [5.41, 5.74) is -0.884. The van der Waals surface area contributed by atoms with E-state index in [9.17, 15) is 19.2 Å². The van der Waals surface area contributed by atoms with Crippen molar-refractivity contribution in [3.63, 3.8) is 0 Å². The van der Waals surface area contributed by atoms with E-state index in [1.807, 2.05) is 0 Å². The third kappa shape index (κ3) is 2.89. The van der Waals surface area contributed by atoms with Crippen molar-refractivity contribution < 1.29 is 23.9 Å². The fourth-order valence-corrected chi connectivity index (χ4v) is 3.82. The van der Waals surface area contributed by atoms with Crippen molar-refractivity contribution in [1.29, 1.82) is 0 Å². The van der Waals surface area contributed by atoms with Crippen LogP contribution in [0.25, 0.3) is 0 Å². The SMILES string of the molecule is C#CCNC(=O)COC(=O)[C@]12CCC(=O)N1c1ccccc1C(=O)N2C(C)C.